The van der Waals surface area contributed by atoms with Crippen LogP contribution in [0.2, 0.25) is 0 Å². The van der Waals surface area contributed by atoms with E-state index < -0.39 is 0 Å². The molecule has 0 aromatic carbocycles. The Balaban J connectivity index is 2.06. The van der Waals surface area contributed by atoms with Gasteiger partial charge in [-0.05, 0) is 18.6 Å². The Morgan fingerprint density at radius 3 is 3.09 bits per heavy atom. The lowest BCUT2D eigenvalue weighted by atomic mass is 10.2. The number of nitrogens with one attached hydrogen (secondary N) is 1. The number of rotatable bonds is 3. The van der Waals surface area contributed by atoms with Gasteiger partial charge in [0.2, 0.25) is 5.91 Å². The monoisotopic (exact) mass is 191 g/mol. The summed E-state index contributed by atoms with van der Waals surface area (Å²) in [5.74, 6) is 1.60. The summed E-state index contributed by atoms with van der Waals surface area (Å²) in [7, 11) is 0. The van der Waals surface area contributed by atoms with E-state index in [0.29, 0.717) is 11.0 Å². The van der Waals surface area contributed by atoms with E-state index in [4.69, 9.17) is 0 Å². The van der Waals surface area contributed by atoms with E-state index in [1.807, 2.05) is 11.8 Å². The van der Waals surface area contributed by atoms with Gasteiger partial charge in [-0.25, -0.2) is 0 Å². The second-order valence-electron chi connectivity index (χ2n) is 2.60. The molecule has 0 bridgehead atoms. The summed E-state index contributed by atoms with van der Waals surface area (Å²) >= 11 is 5.83. The molecule has 2 nitrogen and oxygen atoms in total. The van der Waals surface area contributed by atoms with E-state index in [1.165, 1.54) is 18.6 Å². The van der Waals surface area contributed by atoms with Gasteiger partial charge in [-0.2, -0.15) is 24.4 Å². The molecule has 64 valence electrons. The minimum absolute atomic E-state index is 0.0424. The molecular weight excluding hydrogens is 178 g/mol. The number of hydrogen-bond donors (Lipinski definition) is 2. The Kier molecular flexibility index (Phi) is 4.15. The van der Waals surface area contributed by atoms with Crippen LogP contribution in [0.15, 0.2) is 0 Å². The van der Waals surface area contributed by atoms with Crippen molar-refractivity contribution in [2.75, 3.05) is 18.1 Å². The Morgan fingerprint density at radius 1 is 1.73 bits per heavy atom. The molecule has 0 radical (unpaired) electrons. The second kappa shape index (κ2) is 4.93. The summed E-state index contributed by atoms with van der Waals surface area (Å²) in [5.41, 5.74) is 0. The summed E-state index contributed by atoms with van der Waals surface area (Å²) in [4.78, 5) is 10.8. The lowest BCUT2D eigenvalue weighted by Crippen LogP contribution is -2.30. The quantitative estimate of drug-likeness (QED) is 0.650. The maximum absolute atomic E-state index is 10.8. The average molecular weight is 191 g/mol. The molecule has 1 heterocycles. The molecule has 0 aromatic rings. The molecule has 1 fully saturated rings. The number of hydrogen-bond acceptors (Lipinski definition) is 3. The summed E-state index contributed by atoms with van der Waals surface area (Å²) in [6.45, 7) is 0.823. The second-order valence-corrected chi connectivity index (χ2v) is 4.32. The fourth-order valence-electron chi connectivity index (χ4n) is 1.09. The van der Waals surface area contributed by atoms with E-state index in [9.17, 15) is 4.79 Å². The first-order valence-electron chi connectivity index (χ1n) is 3.82. The molecule has 0 aliphatic carbocycles. The van der Waals surface area contributed by atoms with Crippen molar-refractivity contribution in [1.29, 1.82) is 0 Å². The Labute approximate surface area is 76.9 Å². The standard InChI is InChI=1S/C7H13NOS2/c9-7(5-10)8-4-6-2-1-3-11-6/h6,10H,1-5H2,(H,8,9). The highest BCUT2D eigenvalue weighted by Gasteiger charge is 2.15. The van der Waals surface area contributed by atoms with Crippen LogP contribution in [-0.2, 0) is 4.79 Å². The van der Waals surface area contributed by atoms with Gasteiger partial charge in [-0.15, -0.1) is 0 Å². The summed E-state index contributed by atoms with van der Waals surface area (Å²) < 4.78 is 0. The largest absolute Gasteiger partial charge is 0.354 e. The van der Waals surface area contributed by atoms with Crippen LogP contribution in [0.4, 0.5) is 0 Å². The molecule has 1 unspecified atom stereocenters. The molecule has 1 aliphatic rings. The van der Waals surface area contributed by atoms with E-state index in [-0.39, 0.29) is 5.91 Å². The molecule has 11 heavy (non-hydrogen) atoms. The topological polar surface area (TPSA) is 29.1 Å². The highest BCUT2D eigenvalue weighted by Crippen LogP contribution is 2.25. The van der Waals surface area contributed by atoms with Crippen molar-refractivity contribution in [2.24, 2.45) is 0 Å². The number of carbonyl (C=O) groups is 1. The van der Waals surface area contributed by atoms with Gasteiger partial charge >= 0.3 is 0 Å². The average Bonchev–Trinajstić information content (AvgIpc) is 2.52. The normalized spacial score (nSPS) is 23.5. The van der Waals surface area contributed by atoms with Crippen molar-refractivity contribution in [2.45, 2.75) is 18.1 Å². The summed E-state index contributed by atoms with van der Waals surface area (Å²) in [6, 6.07) is 0. The molecule has 1 saturated heterocycles. The molecule has 1 amide bonds. The molecule has 1 atom stereocenters. The number of amides is 1. The molecule has 0 saturated carbocycles. The first-order valence-corrected chi connectivity index (χ1v) is 5.50. The lowest BCUT2D eigenvalue weighted by Gasteiger charge is -2.08. The maximum Gasteiger partial charge on any atom is 0.229 e. The molecule has 0 aromatic heterocycles. The molecule has 4 heteroatoms. The van der Waals surface area contributed by atoms with Crippen molar-refractivity contribution in [3.8, 4) is 0 Å². The van der Waals surface area contributed by atoms with Crippen LogP contribution in [0.3, 0.4) is 0 Å². The zero-order valence-corrected chi connectivity index (χ0v) is 8.09. The Hall–Kier alpha value is 0.170. The van der Waals surface area contributed by atoms with Gasteiger partial charge in [0.05, 0.1) is 5.75 Å². The van der Waals surface area contributed by atoms with Gasteiger partial charge in [-0.1, -0.05) is 0 Å². The van der Waals surface area contributed by atoms with Gasteiger partial charge in [0.25, 0.3) is 0 Å². The highest BCUT2D eigenvalue weighted by atomic mass is 32.2. The van der Waals surface area contributed by atoms with Crippen LogP contribution in [0.5, 0.6) is 0 Å². The van der Waals surface area contributed by atoms with Crippen molar-refractivity contribution in [1.82, 2.24) is 5.32 Å². The van der Waals surface area contributed by atoms with Crippen molar-refractivity contribution in [3.63, 3.8) is 0 Å². The number of thiol groups is 1. The first kappa shape index (κ1) is 9.26. The highest BCUT2D eigenvalue weighted by molar-refractivity contribution is 8.00. The first-order chi connectivity index (χ1) is 5.33. The van der Waals surface area contributed by atoms with Crippen LogP contribution in [-0.4, -0.2) is 29.2 Å². The van der Waals surface area contributed by atoms with E-state index in [0.717, 1.165) is 6.54 Å². The third-order valence-corrected chi connectivity index (χ3v) is 3.38. The molecule has 0 spiro atoms. The summed E-state index contributed by atoms with van der Waals surface area (Å²) in [5, 5.41) is 3.49. The SMILES string of the molecule is O=C(CS)NCC1CCCS1. The van der Waals surface area contributed by atoms with Gasteiger partial charge in [0.1, 0.15) is 0 Å². The van der Waals surface area contributed by atoms with Crippen molar-refractivity contribution >= 4 is 30.3 Å². The van der Waals surface area contributed by atoms with Crippen molar-refractivity contribution < 1.29 is 4.79 Å². The van der Waals surface area contributed by atoms with Gasteiger partial charge in [0, 0.05) is 11.8 Å². The third kappa shape index (κ3) is 3.38. The van der Waals surface area contributed by atoms with Crippen LogP contribution in [0.25, 0.3) is 0 Å². The Morgan fingerprint density at radius 2 is 2.55 bits per heavy atom. The van der Waals surface area contributed by atoms with Crippen LogP contribution < -0.4 is 5.32 Å². The van der Waals surface area contributed by atoms with Crippen LogP contribution in [0.1, 0.15) is 12.8 Å². The maximum atomic E-state index is 10.8. The smallest absolute Gasteiger partial charge is 0.229 e. The number of thioether (sulfide) groups is 1. The number of carbonyl (C=O) groups excluding carboxylic acids is 1. The predicted molar refractivity (Wildman–Crippen MR) is 52.3 cm³/mol. The van der Waals surface area contributed by atoms with Crippen LogP contribution >= 0.6 is 24.4 Å². The Bertz CT molecular complexity index is 134. The lowest BCUT2D eigenvalue weighted by molar-refractivity contribution is -0.118. The van der Waals surface area contributed by atoms with E-state index in [2.05, 4.69) is 17.9 Å². The third-order valence-electron chi connectivity index (χ3n) is 1.69. The van der Waals surface area contributed by atoms with Crippen molar-refractivity contribution in [3.05, 3.63) is 0 Å². The minimum atomic E-state index is 0.0424. The van der Waals surface area contributed by atoms with Gasteiger partial charge in [0.15, 0.2) is 0 Å². The minimum Gasteiger partial charge on any atom is -0.354 e. The fraction of sp³-hybridized carbons (Fsp3) is 0.857. The molecular formula is C7H13NOS2. The fourth-order valence-corrected chi connectivity index (χ4v) is 2.40. The zero-order valence-electron chi connectivity index (χ0n) is 6.38. The molecule has 1 aliphatic heterocycles. The zero-order chi connectivity index (χ0) is 8.10. The van der Waals surface area contributed by atoms with E-state index >= 15 is 0 Å². The summed E-state index contributed by atoms with van der Waals surface area (Å²) in [6.07, 6.45) is 2.55. The van der Waals surface area contributed by atoms with Crippen LogP contribution in [0, 0.1) is 0 Å². The van der Waals surface area contributed by atoms with Gasteiger partial charge < -0.3 is 5.32 Å². The van der Waals surface area contributed by atoms with E-state index in [1.54, 1.807) is 0 Å². The molecule has 1 N–H and O–H groups in total. The van der Waals surface area contributed by atoms with Gasteiger partial charge in [-0.3, -0.25) is 4.79 Å². The predicted octanol–water partition coefficient (Wildman–Crippen LogP) is 0.928. The molecule has 1 rings (SSSR count).